The number of Topliss-reactive ketones (excluding diaryl/α,β-unsaturated/α-hetero) is 1. The standard InChI is InChI=1S/C20H32N2O2/c1-6-24-18-8-7-16(13-17(18)20(3,4)5)19(23)15(2)14-22-11-9-21-10-12-22/h7-8,13,15,21H,6,9-12,14H2,1-5H3. The second-order valence-corrected chi connectivity index (χ2v) is 7.71. The smallest absolute Gasteiger partial charge is 0.166 e. The van der Waals surface area contributed by atoms with E-state index in [1.807, 2.05) is 32.0 Å². The molecule has 4 nitrogen and oxygen atoms in total. The van der Waals surface area contributed by atoms with E-state index in [-0.39, 0.29) is 17.1 Å². The summed E-state index contributed by atoms with van der Waals surface area (Å²) in [6.07, 6.45) is 0. The minimum Gasteiger partial charge on any atom is -0.494 e. The lowest BCUT2D eigenvalue weighted by atomic mass is 9.84. The molecule has 2 rings (SSSR count). The summed E-state index contributed by atoms with van der Waals surface area (Å²) < 4.78 is 5.75. The molecule has 1 aliphatic heterocycles. The number of hydrogen-bond acceptors (Lipinski definition) is 4. The largest absolute Gasteiger partial charge is 0.494 e. The van der Waals surface area contributed by atoms with Crippen LogP contribution in [0.3, 0.4) is 0 Å². The summed E-state index contributed by atoms with van der Waals surface area (Å²) in [5.74, 6) is 1.12. The van der Waals surface area contributed by atoms with Crippen LogP contribution in [-0.2, 0) is 5.41 Å². The van der Waals surface area contributed by atoms with Crippen molar-refractivity contribution in [3.63, 3.8) is 0 Å². The van der Waals surface area contributed by atoms with Crippen LogP contribution < -0.4 is 10.1 Å². The molecule has 4 heteroatoms. The highest BCUT2D eigenvalue weighted by atomic mass is 16.5. The SMILES string of the molecule is CCOc1ccc(C(=O)C(C)CN2CCNCC2)cc1C(C)(C)C. The molecule has 0 bridgehead atoms. The van der Waals surface area contributed by atoms with E-state index in [4.69, 9.17) is 4.74 Å². The zero-order chi connectivity index (χ0) is 17.7. The Labute approximate surface area is 146 Å². The molecule has 1 aromatic carbocycles. The molecule has 1 aliphatic rings. The Morgan fingerprint density at radius 1 is 1.29 bits per heavy atom. The van der Waals surface area contributed by atoms with Crippen LogP contribution in [0, 0.1) is 5.92 Å². The second kappa shape index (κ2) is 8.13. The Morgan fingerprint density at radius 2 is 1.96 bits per heavy atom. The molecular weight excluding hydrogens is 300 g/mol. The molecule has 1 saturated heterocycles. The van der Waals surface area contributed by atoms with Crippen molar-refractivity contribution in [1.82, 2.24) is 10.2 Å². The van der Waals surface area contributed by atoms with Crippen molar-refractivity contribution >= 4 is 5.78 Å². The molecule has 1 N–H and O–H groups in total. The van der Waals surface area contributed by atoms with Crippen LogP contribution in [0.1, 0.15) is 50.5 Å². The first-order chi connectivity index (χ1) is 11.3. The zero-order valence-corrected chi connectivity index (χ0v) is 15.8. The summed E-state index contributed by atoms with van der Waals surface area (Å²) >= 11 is 0. The molecule has 1 heterocycles. The number of hydrogen-bond donors (Lipinski definition) is 1. The fraction of sp³-hybridized carbons (Fsp3) is 0.650. The van der Waals surface area contributed by atoms with Crippen LogP contribution in [0.25, 0.3) is 0 Å². The summed E-state index contributed by atoms with van der Waals surface area (Å²) in [7, 11) is 0. The highest BCUT2D eigenvalue weighted by Crippen LogP contribution is 2.32. The molecule has 0 spiro atoms. The number of ketones is 1. The van der Waals surface area contributed by atoms with Gasteiger partial charge in [0.1, 0.15) is 5.75 Å². The van der Waals surface area contributed by atoms with E-state index in [1.165, 1.54) is 0 Å². The monoisotopic (exact) mass is 332 g/mol. The molecule has 0 amide bonds. The van der Waals surface area contributed by atoms with E-state index >= 15 is 0 Å². The van der Waals surface area contributed by atoms with Crippen molar-refractivity contribution in [3.05, 3.63) is 29.3 Å². The average molecular weight is 332 g/mol. The van der Waals surface area contributed by atoms with Crippen molar-refractivity contribution in [2.24, 2.45) is 5.92 Å². The number of piperazine rings is 1. The van der Waals surface area contributed by atoms with Gasteiger partial charge in [-0.2, -0.15) is 0 Å². The molecule has 134 valence electrons. The Morgan fingerprint density at radius 3 is 2.54 bits per heavy atom. The Kier molecular flexibility index (Phi) is 6.41. The van der Waals surface area contributed by atoms with Crippen LogP contribution in [0.4, 0.5) is 0 Å². The van der Waals surface area contributed by atoms with Crippen molar-refractivity contribution in [2.45, 2.75) is 40.0 Å². The van der Waals surface area contributed by atoms with Gasteiger partial charge < -0.3 is 15.0 Å². The van der Waals surface area contributed by atoms with Crippen LogP contribution in [0.15, 0.2) is 18.2 Å². The molecule has 1 unspecified atom stereocenters. The zero-order valence-electron chi connectivity index (χ0n) is 15.8. The van der Waals surface area contributed by atoms with Gasteiger partial charge >= 0.3 is 0 Å². The van der Waals surface area contributed by atoms with E-state index in [0.717, 1.165) is 49.6 Å². The Balaban J connectivity index is 2.16. The normalized spacial score (nSPS) is 17.5. The van der Waals surface area contributed by atoms with Gasteiger partial charge in [0.15, 0.2) is 5.78 Å². The second-order valence-electron chi connectivity index (χ2n) is 7.71. The fourth-order valence-corrected chi connectivity index (χ4v) is 3.20. The topological polar surface area (TPSA) is 41.6 Å². The molecule has 1 aromatic rings. The summed E-state index contributed by atoms with van der Waals surface area (Å²) in [4.78, 5) is 15.3. The number of nitrogens with one attached hydrogen (secondary N) is 1. The van der Waals surface area contributed by atoms with E-state index < -0.39 is 0 Å². The lowest BCUT2D eigenvalue weighted by Gasteiger charge is -2.29. The van der Waals surface area contributed by atoms with E-state index in [2.05, 4.69) is 31.0 Å². The fourth-order valence-electron chi connectivity index (χ4n) is 3.20. The van der Waals surface area contributed by atoms with Crippen molar-refractivity contribution in [2.75, 3.05) is 39.3 Å². The number of rotatable bonds is 6. The first-order valence-electron chi connectivity index (χ1n) is 9.07. The first-order valence-corrected chi connectivity index (χ1v) is 9.07. The quantitative estimate of drug-likeness (QED) is 0.813. The average Bonchev–Trinajstić information content (AvgIpc) is 2.54. The summed E-state index contributed by atoms with van der Waals surface area (Å²) in [6, 6.07) is 5.90. The molecule has 24 heavy (non-hydrogen) atoms. The molecule has 1 fully saturated rings. The van der Waals surface area contributed by atoms with E-state index in [1.54, 1.807) is 0 Å². The maximum Gasteiger partial charge on any atom is 0.166 e. The van der Waals surface area contributed by atoms with Gasteiger partial charge in [-0.05, 0) is 30.5 Å². The molecule has 0 radical (unpaired) electrons. The summed E-state index contributed by atoms with van der Waals surface area (Å²) in [6.45, 7) is 16.0. The number of nitrogens with zero attached hydrogens (tertiary/aromatic N) is 1. The van der Waals surface area contributed by atoms with E-state index in [9.17, 15) is 4.79 Å². The summed E-state index contributed by atoms with van der Waals surface area (Å²) in [5, 5.41) is 3.35. The first kappa shape index (κ1) is 18.9. The van der Waals surface area contributed by atoms with Crippen LogP contribution in [-0.4, -0.2) is 50.0 Å². The Hall–Kier alpha value is -1.39. The predicted molar refractivity (Wildman–Crippen MR) is 99.1 cm³/mol. The lowest BCUT2D eigenvalue weighted by Crippen LogP contribution is -2.45. The molecule has 0 aromatic heterocycles. The van der Waals surface area contributed by atoms with Crippen LogP contribution >= 0.6 is 0 Å². The molecule has 0 saturated carbocycles. The number of carbonyl (C=O) groups excluding carboxylic acids is 1. The van der Waals surface area contributed by atoms with Gasteiger partial charge in [0.2, 0.25) is 0 Å². The van der Waals surface area contributed by atoms with Gasteiger partial charge in [0, 0.05) is 49.8 Å². The third-order valence-corrected chi connectivity index (χ3v) is 4.56. The van der Waals surface area contributed by atoms with Gasteiger partial charge in [0.05, 0.1) is 6.61 Å². The summed E-state index contributed by atoms with van der Waals surface area (Å²) in [5.41, 5.74) is 1.85. The molecular formula is C20H32N2O2. The van der Waals surface area contributed by atoms with Gasteiger partial charge in [0.25, 0.3) is 0 Å². The third kappa shape index (κ3) is 4.81. The van der Waals surface area contributed by atoms with Crippen molar-refractivity contribution in [3.8, 4) is 5.75 Å². The van der Waals surface area contributed by atoms with Gasteiger partial charge in [-0.15, -0.1) is 0 Å². The van der Waals surface area contributed by atoms with Crippen molar-refractivity contribution < 1.29 is 9.53 Å². The highest BCUT2D eigenvalue weighted by molar-refractivity contribution is 5.98. The molecule has 0 aliphatic carbocycles. The van der Waals surface area contributed by atoms with Crippen LogP contribution in [0.5, 0.6) is 5.75 Å². The minimum atomic E-state index is -0.0530. The minimum absolute atomic E-state index is 0.00821. The van der Waals surface area contributed by atoms with Crippen LogP contribution in [0.2, 0.25) is 0 Å². The maximum absolute atomic E-state index is 12.9. The van der Waals surface area contributed by atoms with Gasteiger partial charge in [-0.3, -0.25) is 4.79 Å². The highest BCUT2D eigenvalue weighted by Gasteiger charge is 2.24. The number of benzene rings is 1. The third-order valence-electron chi connectivity index (χ3n) is 4.56. The molecule has 1 atom stereocenters. The van der Waals surface area contributed by atoms with Crippen molar-refractivity contribution in [1.29, 1.82) is 0 Å². The predicted octanol–water partition coefficient (Wildman–Crippen LogP) is 3.11. The number of carbonyl (C=O) groups is 1. The maximum atomic E-state index is 12.9. The Bertz CT molecular complexity index is 557. The lowest BCUT2D eigenvalue weighted by molar-refractivity contribution is 0.0887. The van der Waals surface area contributed by atoms with Gasteiger partial charge in [-0.25, -0.2) is 0 Å². The number of ether oxygens (including phenoxy) is 1. The van der Waals surface area contributed by atoms with E-state index in [0.29, 0.717) is 6.61 Å². The van der Waals surface area contributed by atoms with Gasteiger partial charge in [-0.1, -0.05) is 27.7 Å².